The highest BCUT2D eigenvalue weighted by molar-refractivity contribution is 5.92. The molecule has 1 saturated carbocycles. The molecule has 1 heteroatoms. The van der Waals surface area contributed by atoms with Crippen LogP contribution in [0.5, 0.6) is 0 Å². The summed E-state index contributed by atoms with van der Waals surface area (Å²) in [6, 6.07) is 0. The van der Waals surface area contributed by atoms with Crippen molar-refractivity contribution in [3.8, 4) is 0 Å². The van der Waals surface area contributed by atoms with Crippen molar-refractivity contribution < 1.29 is 4.79 Å². The van der Waals surface area contributed by atoms with Crippen molar-refractivity contribution in [2.45, 2.75) is 53.4 Å². The van der Waals surface area contributed by atoms with E-state index in [1.807, 2.05) is 0 Å². The fourth-order valence-corrected chi connectivity index (χ4v) is 3.21. The van der Waals surface area contributed by atoms with Crippen LogP contribution in [0.1, 0.15) is 53.4 Å². The van der Waals surface area contributed by atoms with E-state index in [-0.39, 0.29) is 10.8 Å². The first kappa shape index (κ1) is 9.95. The Morgan fingerprint density at radius 3 is 1.86 bits per heavy atom. The van der Waals surface area contributed by atoms with Gasteiger partial charge in [-0.25, -0.2) is 0 Å². The largest absolute Gasteiger partial charge is 0.298 e. The molecule has 0 N–H and O–H groups in total. The topological polar surface area (TPSA) is 17.1 Å². The van der Waals surface area contributed by atoms with Crippen LogP contribution in [0.15, 0.2) is 11.1 Å². The first-order valence-corrected chi connectivity index (χ1v) is 5.58. The third-order valence-corrected chi connectivity index (χ3v) is 4.26. The highest BCUT2D eigenvalue weighted by atomic mass is 16.1. The molecule has 0 aromatic carbocycles. The Labute approximate surface area is 86.6 Å². The van der Waals surface area contributed by atoms with Crippen LogP contribution in [0, 0.1) is 10.8 Å². The number of ketones is 1. The molecule has 0 aromatic heterocycles. The molecule has 2 aliphatic rings. The van der Waals surface area contributed by atoms with Gasteiger partial charge in [0.25, 0.3) is 0 Å². The van der Waals surface area contributed by atoms with Gasteiger partial charge < -0.3 is 0 Å². The van der Waals surface area contributed by atoms with Gasteiger partial charge in [-0.2, -0.15) is 0 Å². The van der Waals surface area contributed by atoms with Gasteiger partial charge in [-0.3, -0.25) is 4.79 Å². The Morgan fingerprint density at radius 1 is 1.00 bits per heavy atom. The quantitative estimate of drug-likeness (QED) is 0.537. The van der Waals surface area contributed by atoms with Crippen LogP contribution in [0.3, 0.4) is 0 Å². The Morgan fingerprint density at radius 2 is 1.50 bits per heavy atom. The van der Waals surface area contributed by atoms with E-state index < -0.39 is 0 Å². The van der Waals surface area contributed by atoms with Crippen molar-refractivity contribution in [1.82, 2.24) is 0 Å². The van der Waals surface area contributed by atoms with Gasteiger partial charge >= 0.3 is 0 Å². The molecular weight excluding hydrogens is 172 g/mol. The van der Waals surface area contributed by atoms with E-state index in [0.717, 1.165) is 25.7 Å². The number of Topliss-reactive ketones (excluding diaryl/α,β-unsaturated/α-hetero) is 1. The van der Waals surface area contributed by atoms with Crippen LogP contribution in [-0.4, -0.2) is 5.78 Å². The molecule has 78 valence electrons. The molecule has 1 spiro atoms. The van der Waals surface area contributed by atoms with Crippen LogP contribution in [0.4, 0.5) is 0 Å². The highest BCUT2D eigenvalue weighted by Crippen LogP contribution is 2.55. The molecule has 1 nitrogen and oxygen atoms in total. The molecule has 1 fully saturated rings. The normalized spacial score (nSPS) is 29.3. The molecule has 0 unspecified atom stereocenters. The maximum absolute atomic E-state index is 12.3. The number of allylic oxidation sites excluding steroid dienone is 2. The van der Waals surface area contributed by atoms with E-state index in [0.29, 0.717) is 5.78 Å². The SMILES string of the molecule is CC1=C(C)CC2(CCC(C)(C)C2=O)C1. The zero-order valence-electron chi connectivity index (χ0n) is 9.74. The van der Waals surface area contributed by atoms with Gasteiger partial charge in [-0.15, -0.1) is 0 Å². The van der Waals surface area contributed by atoms with Crippen molar-refractivity contribution in [2.24, 2.45) is 10.8 Å². The standard InChI is InChI=1S/C13H20O/c1-9-7-13(8-10(9)2)6-5-12(3,4)11(13)14/h5-8H2,1-4H3. The lowest BCUT2D eigenvalue weighted by atomic mass is 9.77. The first-order chi connectivity index (χ1) is 6.37. The minimum Gasteiger partial charge on any atom is -0.298 e. The third kappa shape index (κ3) is 1.18. The van der Waals surface area contributed by atoms with Crippen molar-refractivity contribution in [2.75, 3.05) is 0 Å². The molecule has 0 amide bonds. The third-order valence-electron chi connectivity index (χ3n) is 4.26. The van der Waals surface area contributed by atoms with Crippen molar-refractivity contribution in [3.63, 3.8) is 0 Å². The van der Waals surface area contributed by atoms with E-state index in [4.69, 9.17) is 0 Å². The molecule has 0 atom stereocenters. The average molecular weight is 192 g/mol. The number of hydrogen-bond acceptors (Lipinski definition) is 1. The van der Waals surface area contributed by atoms with Gasteiger partial charge in [0.1, 0.15) is 5.78 Å². The predicted octanol–water partition coefficient (Wildman–Crippen LogP) is 3.49. The fraction of sp³-hybridized carbons (Fsp3) is 0.769. The van der Waals surface area contributed by atoms with Gasteiger partial charge in [0.2, 0.25) is 0 Å². The van der Waals surface area contributed by atoms with Crippen LogP contribution < -0.4 is 0 Å². The van der Waals surface area contributed by atoms with Gasteiger partial charge in [0.05, 0.1) is 0 Å². The summed E-state index contributed by atoms with van der Waals surface area (Å²) in [6.45, 7) is 8.57. The van der Waals surface area contributed by atoms with E-state index in [2.05, 4.69) is 27.7 Å². The molecule has 0 heterocycles. The second kappa shape index (κ2) is 2.71. The number of carbonyl (C=O) groups excluding carboxylic acids is 1. The summed E-state index contributed by atoms with van der Waals surface area (Å²) in [5.41, 5.74) is 2.86. The van der Waals surface area contributed by atoms with Gasteiger partial charge in [-0.05, 0) is 39.5 Å². The Kier molecular flexibility index (Phi) is 1.93. The fourth-order valence-electron chi connectivity index (χ4n) is 3.21. The van der Waals surface area contributed by atoms with E-state index >= 15 is 0 Å². The molecule has 0 aliphatic heterocycles. The maximum atomic E-state index is 12.3. The summed E-state index contributed by atoms with van der Waals surface area (Å²) in [4.78, 5) is 12.3. The summed E-state index contributed by atoms with van der Waals surface area (Å²) >= 11 is 0. The summed E-state index contributed by atoms with van der Waals surface area (Å²) in [5, 5.41) is 0. The lowest BCUT2D eigenvalue weighted by Gasteiger charge is -2.24. The number of rotatable bonds is 0. The second-order valence-corrected chi connectivity index (χ2v) is 5.91. The van der Waals surface area contributed by atoms with Crippen LogP contribution in [0.25, 0.3) is 0 Å². The van der Waals surface area contributed by atoms with Crippen LogP contribution in [0.2, 0.25) is 0 Å². The lowest BCUT2D eigenvalue weighted by molar-refractivity contribution is -0.132. The molecule has 0 bridgehead atoms. The zero-order valence-corrected chi connectivity index (χ0v) is 9.74. The number of carbonyl (C=O) groups is 1. The molecule has 2 aliphatic carbocycles. The Hall–Kier alpha value is -0.590. The molecule has 0 radical (unpaired) electrons. The average Bonchev–Trinajstić information content (AvgIpc) is 2.49. The lowest BCUT2D eigenvalue weighted by Crippen LogP contribution is -2.30. The maximum Gasteiger partial charge on any atom is 0.145 e. The second-order valence-electron chi connectivity index (χ2n) is 5.91. The summed E-state index contributed by atoms with van der Waals surface area (Å²) in [6.07, 6.45) is 4.24. The van der Waals surface area contributed by atoms with Gasteiger partial charge in [0.15, 0.2) is 0 Å². The molecule has 14 heavy (non-hydrogen) atoms. The van der Waals surface area contributed by atoms with Crippen molar-refractivity contribution in [1.29, 1.82) is 0 Å². The zero-order chi connectivity index (χ0) is 10.6. The Balaban J connectivity index is 2.28. The van der Waals surface area contributed by atoms with Crippen LogP contribution >= 0.6 is 0 Å². The molecule has 0 saturated heterocycles. The smallest absolute Gasteiger partial charge is 0.145 e. The van der Waals surface area contributed by atoms with E-state index in [9.17, 15) is 4.79 Å². The molecule has 0 aromatic rings. The van der Waals surface area contributed by atoms with Gasteiger partial charge in [-0.1, -0.05) is 25.0 Å². The molecule has 2 rings (SSSR count). The van der Waals surface area contributed by atoms with Crippen molar-refractivity contribution in [3.05, 3.63) is 11.1 Å². The van der Waals surface area contributed by atoms with Crippen LogP contribution in [-0.2, 0) is 4.79 Å². The van der Waals surface area contributed by atoms with E-state index in [1.165, 1.54) is 11.1 Å². The van der Waals surface area contributed by atoms with Gasteiger partial charge in [0, 0.05) is 10.8 Å². The summed E-state index contributed by atoms with van der Waals surface area (Å²) in [7, 11) is 0. The summed E-state index contributed by atoms with van der Waals surface area (Å²) in [5.74, 6) is 0.515. The molecular formula is C13H20O. The number of hydrogen-bond donors (Lipinski definition) is 0. The minimum absolute atomic E-state index is 0.0116. The predicted molar refractivity (Wildman–Crippen MR) is 58.1 cm³/mol. The summed E-state index contributed by atoms with van der Waals surface area (Å²) < 4.78 is 0. The first-order valence-electron chi connectivity index (χ1n) is 5.58. The Bertz CT molecular complexity index is 306. The van der Waals surface area contributed by atoms with E-state index in [1.54, 1.807) is 0 Å². The minimum atomic E-state index is -0.0646. The van der Waals surface area contributed by atoms with Crippen molar-refractivity contribution >= 4 is 5.78 Å². The highest BCUT2D eigenvalue weighted by Gasteiger charge is 2.53. The monoisotopic (exact) mass is 192 g/mol.